The lowest BCUT2D eigenvalue weighted by Gasteiger charge is -2.33. The van der Waals surface area contributed by atoms with Gasteiger partial charge in [-0.15, -0.1) is 0 Å². The van der Waals surface area contributed by atoms with Gasteiger partial charge >= 0.3 is 6.09 Å². The number of nitrogens with two attached hydrogens (primary N) is 1. The fourth-order valence-electron chi connectivity index (χ4n) is 5.32. The van der Waals surface area contributed by atoms with Crippen LogP contribution in [-0.2, 0) is 36.8 Å². The fraction of sp³-hybridized carbons (Fsp3) is 0.552. The molecule has 3 aliphatic rings. The van der Waals surface area contributed by atoms with Crippen molar-refractivity contribution in [3.63, 3.8) is 0 Å². The first-order chi connectivity index (χ1) is 19.0. The molecule has 10 heteroatoms. The van der Waals surface area contributed by atoms with Crippen molar-refractivity contribution in [2.75, 3.05) is 38.7 Å². The number of aliphatic hydroxyl groups excluding tert-OH is 1. The van der Waals surface area contributed by atoms with Crippen LogP contribution in [0.5, 0.6) is 0 Å². The van der Waals surface area contributed by atoms with E-state index in [1.165, 1.54) is 0 Å². The van der Waals surface area contributed by atoms with E-state index in [-0.39, 0.29) is 31.0 Å². The van der Waals surface area contributed by atoms with Gasteiger partial charge < -0.3 is 35.1 Å². The Kier molecular flexibility index (Phi) is 9.67. The predicted molar refractivity (Wildman–Crippen MR) is 143 cm³/mol. The molecule has 3 aliphatic heterocycles. The molecule has 0 radical (unpaired) electrons. The SMILES string of the molecule is Nc1ccc(CN(CC(O)C(Cc2ccccc2)NC(=O)OC2COC3OCCC23)OC2CCOCC2)cc1. The summed E-state index contributed by atoms with van der Waals surface area (Å²) in [6.07, 6.45) is 0.588. The summed E-state index contributed by atoms with van der Waals surface area (Å²) in [6, 6.07) is 16.7. The largest absolute Gasteiger partial charge is 0.443 e. The third-order valence-electron chi connectivity index (χ3n) is 7.51. The molecule has 0 bridgehead atoms. The number of hydroxylamine groups is 2. The summed E-state index contributed by atoms with van der Waals surface area (Å²) in [5, 5.41) is 16.2. The standard InChI is InChI=1S/C29H39N3O7/c30-22-8-6-21(7-9-22)17-32(39-23-10-13-35-14-11-23)18-26(33)25(16-20-4-2-1-3-5-20)31-29(34)38-27-19-37-28-24(27)12-15-36-28/h1-9,23-28,33H,10-19,30H2,(H,31,34). The summed E-state index contributed by atoms with van der Waals surface area (Å²) < 4.78 is 22.4. The molecule has 10 nitrogen and oxygen atoms in total. The second-order valence-electron chi connectivity index (χ2n) is 10.5. The molecule has 5 atom stereocenters. The first kappa shape index (κ1) is 27.8. The van der Waals surface area contributed by atoms with Gasteiger partial charge in [-0.25, -0.2) is 4.79 Å². The molecule has 0 saturated carbocycles. The lowest BCUT2D eigenvalue weighted by molar-refractivity contribution is -0.231. The predicted octanol–water partition coefficient (Wildman–Crippen LogP) is 2.64. The topological polar surface area (TPSA) is 125 Å². The number of fused-ring (bicyclic) bond motifs is 1. The number of benzene rings is 2. The van der Waals surface area contributed by atoms with Crippen LogP contribution in [0.25, 0.3) is 0 Å². The number of nitrogens with one attached hydrogen (secondary N) is 1. The summed E-state index contributed by atoms with van der Waals surface area (Å²) in [6.45, 7) is 2.84. The molecule has 3 saturated heterocycles. The second-order valence-corrected chi connectivity index (χ2v) is 10.5. The third-order valence-corrected chi connectivity index (χ3v) is 7.51. The minimum absolute atomic E-state index is 0.00540. The monoisotopic (exact) mass is 541 g/mol. The number of nitrogens with zero attached hydrogens (tertiary/aromatic N) is 1. The number of ether oxygens (including phenoxy) is 4. The Morgan fingerprint density at radius 3 is 2.56 bits per heavy atom. The van der Waals surface area contributed by atoms with E-state index in [1.807, 2.05) is 54.6 Å². The number of alkyl carbamates (subject to hydrolysis) is 1. The van der Waals surface area contributed by atoms with Crippen LogP contribution in [0.15, 0.2) is 54.6 Å². The molecule has 3 heterocycles. The molecule has 39 heavy (non-hydrogen) atoms. The molecule has 4 N–H and O–H groups in total. The molecular formula is C29H39N3O7. The van der Waals surface area contributed by atoms with Crippen molar-refractivity contribution in [3.8, 4) is 0 Å². The van der Waals surface area contributed by atoms with Crippen LogP contribution in [0.3, 0.4) is 0 Å². The van der Waals surface area contributed by atoms with E-state index in [4.69, 9.17) is 29.5 Å². The maximum absolute atomic E-state index is 13.0. The number of carbonyl (C=O) groups is 1. The van der Waals surface area contributed by atoms with E-state index in [0.717, 1.165) is 30.4 Å². The van der Waals surface area contributed by atoms with E-state index >= 15 is 0 Å². The summed E-state index contributed by atoms with van der Waals surface area (Å²) in [5.41, 5.74) is 8.55. The molecule has 2 aromatic rings. The van der Waals surface area contributed by atoms with E-state index in [9.17, 15) is 9.90 Å². The summed E-state index contributed by atoms with van der Waals surface area (Å²) in [4.78, 5) is 19.4. The normalized spacial score (nSPS) is 24.8. The highest BCUT2D eigenvalue weighted by Crippen LogP contribution is 2.33. The van der Waals surface area contributed by atoms with Gasteiger partial charge in [0.15, 0.2) is 6.29 Å². The van der Waals surface area contributed by atoms with Crippen LogP contribution in [0, 0.1) is 5.92 Å². The second kappa shape index (κ2) is 13.6. The highest BCUT2D eigenvalue weighted by atomic mass is 16.7. The highest BCUT2D eigenvalue weighted by Gasteiger charge is 2.44. The number of nitrogen functional groups attached to an aromatic ring is 1. The smallest absolute Gasteiger partial charge is 0.407 e. The Bertz CT molecular complexity index is 1030. The molecule has 212 valence electrons. The Labute approximate surface area is 229 Å². The molecule has 3 fully saturated rings. The van der Waals surface area contributed by atoms with Crippen LogP contribution in [0.1, 0.15) is 30.4 Å². The maximum atomic E-state index is 13.0. The average Bonchev–Trinajstić information content (AvgIpc) is 3.56. The van der Waals surface area contributed by atoms with E-state index in [1.54, 1.807) is 5.06 Å². The van der Waals surface area contributed by atoms with Gasteiger partial charge in [-0.05, 0) is 48.9 Å². The lowest BCUT2D eigenvalue weighted by Crippen LogP contribution is -2.51. The van der Waals surface area contributed by atoms with Gasteiger partial charge in [0.2, 0.25) is 0 Å². The summed E-state index contributed by atoms with van der Waals surface area (Å²) in [7, 11) is 0. The first-order valence-corrected chi connectivity index (χ1v) is 13.8. The summed E-state index contributed by atoms with van der Waals surface area (Å²) in [5.74, 6) is 0.0384. The number of anilines is 1. The molecular weight excluding hydrogens is 502 g/mol. The van der Waals surface area contributed by atoms with Crippen molar-refractivity contribution < 1.29 is 33.7 Å². The Morgan fingerprint density at radius 2 is 1.79 bits per heavy atom. The van der Waals surface area contributed by atoms with Crippen molar-refractivity contribution in [1.82, 2.24) is 10.4 Å². The van der Waals surface area contributed by atoms with Gasteiger partial charge in [0.1, 0.15) is 6.10 Å². The number of rotatable bonds is 11. The highest BCUT2D eigenvalue weighted by molar-refractivity contribution is 5.68. The Hall–Kier alpha value is -2.73. The third kappa shape index (κ3) is 7.91. The number of hydrogen-bond donors (Lipinski definition) is 3. The molecule has 0 aromatic heterocycles. The molecule has 5 unspecified atom stereocenters. The Balaban J connectivity index is 1.26. The molecule has 1 amide bonds. The first-order valence-electron chi connectivity index (χ1n) is 13.8. The molecule has 0 aliphatic carbocycles. The minimum Gasteiger partial charge on any atom is -0.443 e. The van der Waals surface area contributed by atoms with E-state index in [2.05, 4.69) is 5.32 Å². The quantitative estimate of drug-likeness (QED) is 0.291. The van der Waals surface area contributed by atoms with Gasteiger partial charge in [0.05, 0.1) is 43.9 Å². The van der Waals surface area contributed by atoms with Gasteiger partial charge in [-0.1, -0.05) is 42.5 Å². The van der Waals surface area contributed by atoms with E-state index in [0.29, 0.717) is 45.1 Å². The van der Waals surface area contributed by atoms with Gasteiger partial charge in [0.25, 0.3) is 0 Å². The number of hydrogen-bond acceptors (Lipinski definition) is 9. The van der Waals surface area contributed by atoms with Gasteiger partial charge in [-0.2, -0.15) is 5.06 Å². The average molecular weight is 542 g/mol. The minimum atomic E-state index is -0.936. The van der Waals surface area contributed by atoms with Crippen molar-refractivity contribution in [1.29, 1.82) is 0 Å². The number of amides is 1. The van der Waals surface area contributed by atoms with Crippen LogP contribution >= 0.6 is 0 Å². The Morgan fingerprint density at radius 1 is 1.03 bits per heavy atom. The maximum Gasteiger partial charge on any atom is 0.407 e. The van der Waals surface area contributed by atoms with Crippen LogP contribution in [-0.4, -0.2) is 79.9 Å². The fourth-order valence-corrected chi connectivity index (χ4v) is 5.32. The van der Waals surface area contributed by atoms with Gasteiger partial charge in [-0.3, -0.25) is 4.84 Å². The lowest BCUT2D eigenvalue weighted by atomic mass is 10.0. The van der Waals surface area contributed by atoms with Crippen LogP contribution < -0.4 is 11.1 Å². The van der Waals surface area contributed by atoms with Crippen molar-refractivity contribution in [2.24, 2.45) is 5.92 Å². The molecule has 0 spiro atoms. The van der Waals surface area contributed by atoms with Crippen LogP contribution in [0.2, 0.25) is 0 Å². The number of aliphatic hydroxyl groups is 1. The summed E-state index contributed by atoms with van der Waals surface area (Å²) >= 11 is 0. The number of carbonyl (C=O) groups excluding carboxylic acids is 1. The van der Waals surface area contributed by atoms with Crippen molar-refractivity contribution in [3.05, 3.63) is 65.7 Å². The van der Waals surface area contributed by atoms with Crippen molar-refractivity contribution in [2.45, 2.75) is 62.9 Å². The zero-order chi connectivity index (χ0) is 27.0. The van der Waals surface area contributed by atoms with Crippen molar-refractivity contribution >= 4 is 11.8 Å². The van der Waals surface area contributed by atoms with E-state index < -0.39 is 18.2 Å². The van der Waals surface area contributed by atoms with Gasteiger partial charge in [0, 0.05) is 25.4 Å². The van der Waals surface area contributed by atoms with Crippen LogP contribution in [0.4, 0.5) is 10.5 Å². The zero-order valence-electron chi connectivity index (χ0n) is 22.2. The molecule has 2 aromatic carbocycles. The zero-order valence-corrected chi connectivity index (χ0v) is 22.2. The molecule has 5 rings (SSSR count).